The van der Waals surface area contributed by atoms with Crippen molar-refractivity contribution in [2.75, 3.05) is 0 Å². The number of hydrogen-bond acceptors (Lipinski definition) is 0. The van der Waals surface area contributed by atoms with E-state index in [1.165, 1.54) is 0 Å². The van der Waals surface area contributed by atoms with Gasteiger partial charge in [-0.15, -0.1) is 0 Å². The molecule has 3 heteroatoms. The third-order valence-corrected chi connectivity index (χ3v) is 0. The second-order valence-corrected chi connectivity index (χ2v) is 0. The molecule has 0 aliphatic carbocycles. The van der Waals surface area contributed by atoms with Crippen molar-refractivity contribution in [1.29, 1.82) is 0 Å². The van der Waals surface area contributed by atoms with E-state index >= 15 is 0 Å². The topological polar surface area (TPSA) is 0 Å². The first-order valence-electron chi connectivity index (χ1n) is 0.143. The van der Waals surface area contributed by atoms with Gasteiger partial charge < -0.3 is 0 Å². The van der Waals surface area contributed by atoms with Gasteiger partial charge in [0.1, 0.15) is 0 Å². The third-order valence-electron chi connectivity index (χ3n) is 0. The van der Waals surface area contributed by atoms with Crippen LogP contribution in [0.5, 0.6) is 0 Å². The van der Waals surface area contributed by atoms with Crippen LogP contribution in [-0.4, -0.2) is 0 Å². The molecule has 38 valence electrons. The average Bonchev–Trinajstić information content (AvgIpc) is 1.00. The van der Waals surface area contributed by atoms with Crippen molar-refractivity contribution in [3.63, 3.8) is 0 Å². The van der Waals surface area contributed by atoms with E-state index in [4.69, 9.17) is 0 Å². The fraction of sp³-hybridized carbons (Fsp3) is 1.00. The van der Waals surface area contributed by atoms with Gasteiger partial charge in [0.15, 0.2) is 0 Å². The third kappa shape index (κ3) is 20.2. The van der Waals surface area contributed by atoms with E-state index in [1.807, 2.05) is 0 Å². The van der Waals surface area contributed by atoms with E-state index in [2.05, 4.69) is 37.2 Å². The van der Waals surface area contributed by atoms with Crippen LogP contribution in [0.1, 0.15) is 14.9 Å². The Hall–Kier alpha value is 2.72. The van der Waals surface area contributed by atoms with Gasteiger partial charge in [-0.3, -0.25) is 0 Å². The predicted molar refractivity (Wildman–Crippen MR) is 41.5 cm³/mol. The van der Waals surface area contributed by atoms with Gasteiger partial charge in [-0.1, -0.05) is 14.9 Å². The molecule has 0 aliphatic heterocycles. The molecule has 0 aliphatic rings. The van der Waals surface area contributed by atoms with Crippen molar-refractivity contribution in [3.8, 4) is 0 Å². The van der Waals surface area contributed by atoms with Crippen molar-refractivity contribution >= 4 is 37.2 Å². The summed E-state index contributed by atoms with van der Waals surface area (Å²) < 4.78 is 0. The van der Waals surface area contributed by atoms with E-state index < -0.39 is 0 Å². The summed E-state index contributed by atoms with van der Waals surface area (Å²) in [5.41, 5.74) is 0. The Labute approximate surface area is 87.8 Å². The minimum atomic E-state index is 0. The normalized spacial score (nSPS) is 1.20. The van der Waals surface area contributed by atoms with Crippen molar-refractivity contribution in [3.05, 3.63) is 0 Å². The van der Waals surface area contributed by atoms with E-state index in [1.54, 1.807) is 0 Å². The molecule has 0 radical (unpaired) electrons. The molecule has 0 spiro atoms. The minimum Gasteiger partial charge on any atom is -0.0776 e. The van der Waals surface area contributed by atoms with Crippen LogP contribution in [0.15, 0.2) is 0 Å². The fourth-order valence-corrected chi connectivity index (χ4v) is 0. The molecule has 0 N–H and O–H groups in total. The van der Waals surface area contributed by atoms with Crippen molar-refractivity contribution in [1.82, 2.24) is 0 Å². The molecule has 0 bridgehead atoms. The van der Waals surface area contributed by atoms with Crippen LogP contribution in [-0.2, 0) is 0 Å². The predicted octanol–water partition coefficient (Wildman–Crippen LogP) is 3.04. The number of halogens is 2. The molecule has 0 saturated carbocycles. The Bertz CT molecular complexity index is 7.61. The Morgan fingerprint density at radius 1 is 0.800 bits per heavy atom. The van der Waals surface area contributed by atoms with Crippen LogP contribution >= 0.6 is 37.2 Å². The first-order chi connectivity index (χ1) is 1.00. The molecule has 0 aromatic carbocycles. The zero-order valence-corrected chi connectivity index (χ0v) is 6.13. The van der Waals surface area contributed by atoms with E-state index in [0.717, 1.165) is 0 Å². The Kier molecular flexibility index (Phi) is 150. The monoisotopic (exact) mass is 326 g/mol. The molecule has 0 aromatic heterocycles. The molecule has 5 heavy (non-hydrogen) atoms. The van der Waals surface area contributed by atoms with Crippen LogP contribution in [0.4, 0.5) is 0 Å². The van der Waals surface area contributed by atoms with Gasteiger partial charge in [0, 0.05) is 75.0 Å². The summed E-state index contributed by atoms with van der Waals surface area (Å²) in [6.45, 7) is 0. The molecule has 0 fully saturated rings. The maximum absolute atomic E-state index is 2.12. The van der Waals surface area contributed by atoms with Gasteiger partial charge in [-0.05, 0) is 0 Å². The zero-order valence-electron chi connectivity index (χ0n) is 1.11. The van der Waals surface area contributed by atoms with Crippen LogP contribution in [0.25, 0.3) is 0 Å². The van der Waals surface area contributed by atoms with Crippen LogP contribution in [0, 0.1) is 37.7 Å². The number of hydrogen-bond donors (Lipinski definition) is 0. The SMILES string of the molecule is C.C.II.[Ar]. The summed E-state index contributed by atoms with van der Waals surface area (Å²) in [5.74, 6) is 0. The molecule has 0 atom stereocenters. The summed E-state index contributed by atoms with van der Waals surface area (Å²) in [6.07, 6.45) is 0. The molecule has 0 aromatic rings. The molecular formula is C2H8ArI2. The van der Waals surface area contributed by atoms with Gasteiger partial charge in [0.05, 0.1) is 0 Å². The first-order valence-corrected chi connectivity index (χ1v) is 6.43. The van der Waals surface area contributed by atoms with Crippen molar-refractivity contribution in [2.45, 2.75) is 14.9 Å². The maximum atomic E-state index is 2.12. The molecule has 0 nitrogen and oxygen atoms in total. The molecular weight excluding hydrogens is 318 g/mol. The second kappa shape index (κ2) is 29.7. The van der Waals surface area contributed by atoms with Gasteiger partial charge in [-0.2, -0.15) is 0 Å². The minimum absolute atomic E-state index is 0. The van der Waals surface area contributed by atoms with E-state index in [-0.39, 0.29) is 52.6 Å². The second-order valence-electron chi connectivity index (χ2n) is 0. The Morgan fingerprint density at radius 2 is 0.800 bits per heavy atom. The van der Waals surface area contributed by atoms with Gasteiger partial charge in [0.25, 0.3) is 0 Å². The fourth-order valence-electron chi connectivity index (χ4n) is 0. The molecule has 0 unspecified atom stereocenters. The summed E-state index contributed by atoms with van der Waals surface area (Å²) in [4.78, 5) is 0. The van der Waals surface area contributed by atoms with E-state index in [9.17, 15) is 0 Å². The Morgan fingerprint density at radius 3 is 0.800 bits per heavy atom. The van der Waals surface area contributed by atoms with Gasteiger partial charge in [0.2, 0.25) is 0 Å². The van der Waals surface area contributed by atoms with Gasteiger partial charge in [-0.25, -0.2) is 0 Å². The van der Waals surface area contributed by atoms with E-state index in [0.29, 0.717) is 0 Å². The van der Waals surface area contributed by atoms with Gasteiger partial charge >= 0.3 is 0 Å². The smallest absolute Gasteiger partial charge is 0 e. The summed E-state index contributed by atoms with van der Waals surface area (Å²) >= 11 is 4.24. The standard InChI is InChI=1S/2CH4.Ar.I2/c;;;1-2/h2*1H4;;. The quantitative estimate of drug-likeness (QED) is 0.601. The first kappa shape index (κ1) is 25.2. The zero-order chi connectivity index (χ0) is 2.00. The summed E-state index contributed by atoms with van der Waals surface area (Å²) in [5, 5.41) is 0. The molecule has 0 heterocycles. The van der Waals surface area contributed by atoms with Crippen LogP contribution in [0.3, 0.4) is 0 Å². The molecule has 0 saturated heterocycles. The molecule has 0 rings (SSSR count). The Balaban J connectivity index is -0.00000000167. The van der Waals surface area contributed by atoms with Crippen LogP contribution in [0.2, 0.25) is 0 Å². The maximum Gasteiger partial charge on any atom is 0 e. The molecule has 0 amide bonds. The largest absolute Gasteiger partial charge is 0.0776 e. The van der Waals surface area contributed by atoms with Crippen molar-refractivity contribution < 1.29 is 37.7 Å². The number of rotatable bonds is 0. The van der Waals surface area contributed by atoms with Crippen LogP contribution < -0.4 is 0 Å². The summed E-state index contributed by atoms with van der Waals surface area (Å²) in [6, 6.07) is 0. The van der Waals surface area contributed by atoms with Crippen molar-refractivity contribution in [2.24, 2.45) is 0 Å². The summed E-state index contributed by atoms with van der Waals surface area (Å²) in [7, 11) is 0. The average molecular weight is 326 g/mol.